The first-order chi connectivity index (χ1) is 17.0. The third-order valence-corrected chi connectivity index (χ3v) is 9.51. The lowest BCUT2D eigenvalue weighted by Gasteiger charge is -2.35. The van der Waals surface area contributed by atoms with Crippen LogP contribution in [0.25, 0.3) is 0 Å². The maximum atomic E-state index is 14.8. The van der Waals surface area contributed by atoms with Crippen LogP contribution in [0.3, 0.4) is 0 Å². The van der Waals surface area contributed by atoms with Crippen molar-refractivity contribution in [1.29, 1.82) is 0 Å². The van der Waals surface area contributed by atoms with Gasteiger partial charge in [-0.1, -0.05) is 35.5 Å². The molecule has 192 valence electrons. The van der Waals surface area contributed by atoms with Gasteiger partial charge in [0.2, 0.25) is 15.1 Å². The average molecular weight is 537 g/mol. The fourth-order valence-corrected chi connectivity index (χ4v) is 7.16. The van der Waals surface area contributed by atoms with Gasteiger partial charge in [-0.25, -0.2) is 26.9 Å². The van der Waals surface area contributed by atoms with Gasteiger partial charge < -0.3 is 5.11 Å². The SMILES string of the molecule is Cc1ccc(S(=O)(=O)N2CCC[C@@H]2C(=O)S[C@H](C)[C@](O)(Cn2cncn2)c2ccc(F)cc2F)cc1. The van der Waals surface area contributed by atoms with Crippen LogP contribution in [0, 0.1) is 18.6 Å². The van der Waals surface area contributed by atoms with E-state index in [4.69, 9.17) is 0 Å². The molecule has 0 aliphatic carbocycles. The summed E-state index contributed by atoms with van der Waals surface area (Å²) < 4.78 is 57.4. The molecule has 1 N–H and O–H groups in total. The van der Waals surface area contributed by atoms with E-state index in [0.29, 0.717) is 18.9 Å². The Bertz CT molecular complexity index is 1340. The summed E-state index contributed by atoms with van der Waals surface area (Å²) in [5.74, 6) is -1.78. The minimum Gasteiger partial charge on any atom is -0.382 e. The molecule has 1 aliphatic heterocycles. The lowest BCUT2D eigenvalue weighted by Crippen LogP contribution is -2.44. The number of aliphatic hydroxyl groups is 1. The summed E-state index contributed by atoms with van der Waals surface area (Å²) >= 11 is 0.734. The van der Waals surface area contributed by atoms with Crippen molar-refractivity contribution in [2.24, 2.45) is 0 Å². The Morgan fingerprint density at radius 3 is 2.61 bits per heavy atom. The summed E-state index contributed by atoms with van der Waals surface area (Å²) in [4.78, 5) is 17.3. The van der Waals surface area contributed by atoms with Crippen molar-refractivity contribution in [1.82, 2.24) is 19.1 Å². The topological polar surface area (TPSA) is 105 Å². The second kappa shape index (κ2) is 10.4. The zero-order chi connectivity index (χ0) is 26.1. The number of nitrogens with zero attached hydrogens (tertiary/aromatic N) is 4. The number of benzene rings is 2. The predicted octanol–water partition coefficient (Wildman–Crippen LogP) is 3.25. The van der Waals surface area contributed by atoms with Crippen LogP contribution in [0.2, 0.25) is 0 Å². The number of thioether (sulfide) groups is 1. The molecule has 2 heterocycles. The molecular formula is C24H26F2N4O4S2. The molecule has 1 saturated heterocycles. The lowest BCUT2D eigenvalue weighted by molar-refractivity contribution is -0.113. The predicted molar refractivity (Wildman–Crippen MR) is 130 cm³/mol. The summed E-state index contributed by atoms with van der Waals surface area (Å²) in [5.41, 5.74) is -1.28. The van der Waals surface area contributed by atoms with Gasteiger partial charge in [0.1, 0.15) is 29.9 Å². The zero-order valence-corrected chi connectivity index (χ0v) is 21.3. The van der Waals surface area contributed by atoms with Gasteiger partial charge in [0.05, 0.1) is 17.5 Å². The number of hydrogen-bond donors (Lipinski definition) is 1. The van der Waals surface area contributed by atoms with Crippen molar-refractivity contribution in [3.8, 4) is 0 Å². The van der Waals surface area contributed by atoms with E-state index < -0.39 is 43.7 Å². The van der Waals surface area contributed by atoms with Crippen LogP contribution in [0.5, 0.6) is 0 Å². The highest BCUT2D eigenvalue weighted by Crippen LogP contribution is 2.39. The summed E-state index contributed by atoms with van der Waals surface area (Å²) in [5, 5.41) is 14.2. The molecule has 0 bridgehead atoms. The molecule has 0 unspecified atom stereocenters. The lowest BCUT2D eigenvalue weighted by atomic mass is 9.90. The standard InChI is InChI=1S/C24H26F2N4O4S2/c1-16-5-8-19(9-6-16)36(33,34)30-11-3-4-22(30)23(31)35-17(2)24(32,13-29-15-27-14-28-29)20-10-7-18(25)12-21(20)26/h5-10,12,14-15,17,22,32H,3-4,11,13H2,1-2H3/t17-,22-,24-/m1/s1. The minimum absolute atomic E-state index is 0.0990. The Hall–Kier alpha value is -2.67. The zero-order valence-electron chi connectivity index (χ0n) is 19.7. The smallest absolute Gasteiger partial charge is 0.243 e. The highest BCUT2D eigenvalue weighted by molar-refractivity contribution is 8.14. The molecule has 0 radical (unpaired) electrons. The van der Waals surface area contributed by atoms with Crippen LogP contribution in [-0.4, -0.2) is 55.5 Å². The van der Waals surface area contributed by atoms with E-state index in [0.717, 1.165) is 29.5 Å². The number of carbonyl (C=O) groups is 1. The second-order valence-electron chi connectivity index (χ2n) is 8.81. The van der Waals surface area contributed by atoms with E-state index in [1.54, 1.807) is 12.1 Å². The molecule has 0 spiro atoms. The number of halogens is 2. The van der Waals surface area contributed by atoms with Crippen molar-refractivity contribution < 1.29 is 27.1 Å². The number of rotatable bonds is 8. The van der Waals surface area contributed by atoms with Crippen LogP contribution in [0.1, 0.15) is 30.9 Å². The summed E-state index contributed by atoms with van der Waals surface area (Å²) in [7, 11) is -3.91. The third kappa shape index (κ3) is 5.22. The average Bonchev–Trinajstić information content (AvgIpc) is 3.51. The number of sulfonamides is 1. The molecule has 1 aromatic heterocycles. The molecule has 4 rings (SSSR count). The van der Waals surface area contributed by atoms with Crippen molar-refractivity contribution >= 4 is 26.9 Å². The van der Waals surface area contributed by atoms with E-state index in [1.807, 2.05) is 6.92 Å². The first-order valence-corrected chi connectivity index (χ1v) is 13.6. The molecule has 12 heteroatoms. The van der Waals surface area contributed by atoms with Crippen LogP contribution in [-0.2, 0) is 27.0 Å². The molecular weight excluding hydrogens is 510 g/mol. The summed E-state index contributed by atoms with van der Waals surface area (Å²) in [6, 6.07) is 8.29. The van der Waals surface area contributed by atoms with E-state index in [1.165, 1.54) is 40.7 Å². The number of aryl methyl sites for hydroxylation is 1. The number of carbonyl (C=O) groups excluding carboxylic acids is 1. The van der Waals surface area contributed by atoms with E-state index >= 15 is 0 Å². The van der Waals surface area contributed by atoms with Gasteiger partial charge >= 0.3 is 0 Å². The van der Waals surface area contributed by atoms with Crippen molar-refractivity contribution in [3.63, 3.8) is 0 Å². The van der Waals surface area contributed by atoms with Crippen LogP contribution in [0.15, 0.2) is 60.0 Å². The van der Waals surface area contributed by atoms with Gasteiger partial charge in [-0.05, 0) is 44.9 Å². The summed E-state index contributed by atoms with van der Waals surface area (Å²) in [6.45, 7) is 3.32. The Balaban J connectivity index is 1.60. The van der Waals surface area contributed by atoms with Crippen LogP contribution < -0.4 is 0 Å². The molecule has 0 saturated carbocycles. The number of aromatic nitrogens is 3. The molecule has 3 aromatic rings. The Kier molecular flexibility index (Phi) is 7.60. The fraction of sp³-hybridized carbons (Fsp3) is 0.375. The van der Waals surface area contributed by atoms with Crippen molar-refractivity contribution in [3.05, 3.63) is 77.9 Å². The second-order valence-corrected chi connectivity index (χ2v) is 12.0. The molecule has 3 atom stereocenters. The Labute approximate surface area is 212 Å². The molecule has 8 nitrogen and oxygen atoms in total. The Morgan fingerprint density at radius 2 is 1.97 bits per heavy atom. The maximum absolute atomic E-state index is 14.8. The normalized spacial score (nSPS) is 19.2. The van der Waals surface area contributed by atoms with E-state index in [-0.39, 0.29) is 23.5 Å². The van der Waals surface area contributed by atoms with Crippen LogP contribution in [0.4, 0.5) is 8.78 Å². The first-order valence-electron chi connectivity index (χ1n) is 11.3. The minimum atomic E-state index is -3.91. The largest absolute Gasteiger partial charge is 0.382 e. The monoisotopic (exact) mass is 536 g/mol. The van der Waals surface area contributed by atoms with Gasteiger partial charge in [-0.2, -0.15) is 9.40 Å². The molecule has 2 aromatic carbocycles. The van der Waals surface area contributed by atoms with Gasteiger partial charge in [0.25, 0.3) is 0 Å². The maximum Gasteiger partial charge on any atom is 0.243 e. The van der Waals surface area contributed by atoms with Crippen LogP contribution >= 0.6 is 11.8 Å². The van der Waals surface area contributed by atoms with Crippen molar-refractivity contribution in [2.45, 2.75) is 55.0 Å². The summed E-state index contributed by atoms with van der Waals surface area (Å²) in [6.07, 6.45) is 3.41. The van der Waals surface area contributed by atoms with E-state index in [2.05, 4.69) is 10.1 Å². The highest BCUT2D eigenvalue weighted by Gasteiger charge is 2.44. The van der Waals surface area contributed by atoms with Crippen molar-refractivity contribution in [2.75, 3.05) is 6.54 Å². The van der Waals surface area contributed by atoms with Gasteiger partial charge in [0.15, 0.2) is 0 Å². The molecule has 1 fully saturated rings. The fourth-order valence-electron chi connectivity index (χ4n) is 4.29. The molecule has 0 amide bonds. The van der Waals surface area contributed by atoms with Gasteiger partial charge in [0, 0.05) is 23.4 Å². The Morgan fingerprint density at radius 1 is 1.25 bits per heavy atom. The molecule has 1 aliphatic rings. The number of hydrogen-bond acceptors (Lipinski definition) is 7. The van der Waals surface area contributed by atoms with Gasteiger partial charge in [-0.3, -0.25) is 4.79 Å². The first kappa shape index (κ1) is 26.4. The quantitative estimate of drug-likeness (QED) is 0.471. The molecule has 36 heavy (non-hydrogen) atoms. The van der Waals surface area contributed by atoms with Gasteiger partial charge in [-0.15, -0.1) is 0 Å². The van der Waals surface area contributed by atoms with E-state index in [9.17, 15) is 27.1 Å². The third-order valence-electron chi connectivity index (χ3n) is 6.34. The highest BCUT2D eigenvalue weighted by atomic mass is 32.2.